The van der Waals surface area contributed by atoms with E-state index >= 15 is 0 Å². The van der Waals surface area contributed by atoms with E-state index in [1.165, 1.54) is 45.4 Å². The smallest absolute Gasteiger partial charge is 0.0472 e. The first kappa shape index (κ1) is 10.8. The van der Waals surface area contributed by atoms with Gasteiger partial charge in [0, 0.05) is 44.8 Å². The Labute approximate surface area is 97.8 Å². The highest BCUT2D eigenvalue weighted by Gasteiger charge is 2.43. The summed E-state index contributed by atoms with van der Waals surface area (Å²) in [6.07, 6.45) is 6.18. The van der Waals surface area contributed by atoms with E-state index in [0.717, 1.165) is 19.8 Å². The van der Waals surface area contributed by atoms with E-state index in [0.29, 0.717) is 5.41 Å². The Balaban J connectivity index is 1.47. The average Bonchev–Trinajstić information content (AvgIpc) is 2.30. The molecule has 16 heavy (non-hydrogen) atoms. The van der Waals surface area contributed by atoms with Crippen molar-refractivity contribution in [2.24, 2.45) is 5.41 Å². The van der Waals surface area contributed by atoms with Crippen LogP contribution < -0.4 is 5.32 Å². The molecule has 1 N–H and O–H groups in total. The second-order valence-corrected chi connectivity index (χ2v) is 5.57. The zero-order chi connectivity index (χ0) is 10.8. The minimum Gasteiger partial charge on any atom is -0.381 e. The lowest BCUT2D eigenvalue weighted by Gasteiger charge is -2.52. The minimum atomic E-state index is 0.631. The van der Waals surface area contributed by atoms with Crippen LogP contribution in [-0.2, 0) is 4.74 Å². The molecule has 0 aliphatic carbocycles. The molecule has 3 heterocycles. The Morgan fingerprint density at radius 2 is 2.12 bits per heavy atom. The maximum absolute atomic E-state index is 5.45. The van der Waals surface area contributed by atoms with Crippen LogP contribution in [0.2, 0.25) is 0 Å². The topological polar surface area (TPSA) is 24.5 Å². The van der Waals surface area contributed by atoms with Crippen LogP contribution in [0, 0.1) is 5.41 Å². The summed E-state index contributed by atoms with van der Waals surface area (Å²) in [5, 5.41) is 3.37. The second-order valence-electron chi connectivity index (χ2n) is 5.57. The summed E-state index contributed by atoms with van der Waals surface area (Å²) >= 11 is 0. The fraction of sp³-hybridized carbons (Fsp3) is 0.846. The summed E-state index contributed by atoms with van der Waals surface area (Å²) < 4.78 is 5.45. The van der Waals surface area contributed by atoms with Crippen LogP contribution in [0.3, 0.4) is 0 Å². The maximum atomic E-state index is 5.45. The van der Waals surface area contributed by atoms with Crippen LogP contribution in [0.4, 0.5) is 0 Å². The second kappa shape index (κ2) is 4.47. The number of nitrogens with one attached hydrogen (secondary N) is 1. The zero-order valence-corrected chi connectivity index (χ0v) is 10.0. The summed E-state index contributed by atoms with van der Waals surface area (Å²) in [6, 6.07) is 0. The lowest BCUT2D eigenvalue weighted by Crippen LogP contribution is -2.58. The van der Waals surface area contributed by atoms with E-state index in [4.69, 9.17) is 4.74 Å². The van der Waals surface area contributed by atoms with E-state index in [-0.39, 0.29) is 0 Å². The van der Waals surface area contributed by atoms with Gasteiger partial charge in [0.1, 0.15) is 0 Å². The van der Waals surface area contributed by atoms with Crippen LogP contribution >= 0.6 is 0 Å². The summed E-state index contributed by atoms with van der Waals surface area (Å²) in [7, 11) is 0. The molecule has 3 nitrogen and oxygen atoms in total. The molecule has 0 radical (unpaired) electrons. The SMILES string of the molecule is C1=C(CN2CC3(CCOCC3)C2)CCNC1. The Hall–Kier alpha value is -0.380. The Morgan fingerprint density at radius 1 is 1.31 bits per heavy atom. The molecule has 3 aliphatic rings. The third-order valence-electron chi connectivity index (χ3n) is 4.26. The van der Waals surface area contributed by atoms with Crippen molar-refractivity contribution in [3.63, 3.8) is 0 Å². The minimum absolute atomic E-state index is 0.631. The molecule has 0 aromatic carbocycles. The fourth-order valence-corrected chi connectivity index (χ4v) is 3.24. The van der Waals surface area contributed by atoms with Crippen molar-refractivity contribution in [1.29, 1.82) is 0 Å². The predicted molar refractivity (Wildman–Crippen MR) is 64.5 cm³/mol. The zero-order valence-electron chi connectivity index (χ0n) is 10.0. The number of likely N-dealkylation sites (tertiary alicyclic amines) is 1. The summed E-state index contributed by atoms with van der Waals surface area (Å²) in [6.45, 7) is 8.04. The summed E-state index contributed by atoms with van der Waals surface area (Å²) in [5.41, 5.74) is 2.27. The van der Waals surface area contributed by atoms with Gasteiger partial charge < -0.3 is 10.1 Å². The largest absolute Gasteiger partial charge is 0.381 e. The third-order valence-corrected chi connectivity index (χ3v) is 4.26. The molecule has 3 rings (SSSR count). The van der Waals surface area contributed by atoms with E-state index in [9.17, 15) is 0 Å². The van der Waals surface area contributed by atoms with Crippen LogP contribution in [-0.4, -0.2) is 50.8 Å². The summed E-state index contributed by atoms with van der Waals surface area (Å²) in [5.74, 6) is 0. The first-order valence-corrected chi connectivity index (χ1v) is 6.55. The Kier molecular flexibility index (Phi) is 3.01. The average molecular weight is 222 g/mol. The van der Waals surface area contributed by atoms with E-state index in [1.54, 1.807) is 5.57 Å². The van der Waals surface area contributed by atoms with Crippen LogP contribution in [0.5, 0.6) is 0 Å². The van der Waals surface area contributed by atoms with Gasteiger partial charge in [-0.3, -0.25) is 4.90 Å². The number of ether oxygens (including phenoxy) is 1. The quantitative estimate of drug-likeness (QED) is 0.706. The van der Waals surface area contributed by atoms with Crippen LogP contribution in [0.15, 0.2) is 11.6 Å². The van der Waals surface area contributed by atoms with E-state index in [1.807, 2.05) is 0 Å². The molecule has 3 heteroatoms. The number of hydrogen-bond donors (Lipinski definition) is 1. The van der Waals surface area contributed by atoms with Crippen molar-refractivity contribution in [3.05, 3.63) is 11.6 Å². The highest BCUT2D eigenvalue weighted by Crippen LogP contribution is 2.39. The molecular formula is C13H22N2O. The molecule has 0 aromatic heterocycles. The number of rotatable bonds is 2. The third kappa shape index (κ3) is 2.17. The van der Waals surface area contributed by atoms with Crippen molar-refractivity contribution in [3.8, 4) is 0 Å². The van der Waals surface area contributed by atoms with Gasteiger partial charge in [0.05, 0.1) is 0 Å². The lowest BCUT2D eigenvalue weighted by molar-refractivity contribution is -0.0770. The van der Waals surface area contributed by atoms with Crippen LogP contribution in [0.1, 0.15) is 19.3 Å². The molecule has 0 saturated carbocycles. The molecule has 0 bridgehead atoms. The molecule has 0 amide bonds. The molecule has 2 saturated heterocycles. The van der Waals surface area contributed by atoms with Gasteiger partial charge in [-0.2, -0.15) is 0 Å². The lowest BCUT2D eigenvalue weighted by atomic mass is 9.73. The number of hydrogen-bond acceptors (Lipinski definition) is 3. The van der Waals surface area contributed by atoms with Gasteiger partial charge in [-0.1, -0.05) is 11.6 Å². The monoisotopic (exact) mass is 222 g/mol. The Bertz CT molecular complexity index is 274. The standard InChI is InChI=1S/C13H22N2O/c1-5-14-6-2-12(1)9-15-10-13(11-15)3-7-16-8-4-13/h1,14H,2-11H2. The van der Waals surface area contributed by atoms with Crippen LogP contribution in [0.25, 0.3) is 0 Å². The molecule has 3 aliphatic heterocycles. The van der Waals surface area contributed by atoms with Gasteiger partial charge in [-0.15, -0.1) is 0 Å². The highest BCUT2D eigenvalue weighted by molar-refractivity contribution is 5.11. The summed E-state index contributed by atoms with van der Waals surface area (Å²) in [4.78, 5) is 2.61. The van der Waals surface area contributed by atoms with E-state index in [2.05, 4.69) is 16.3 Å². The first-order valence-electron chi connectivity index (χ1n) is 6.55. The molecule has 1 spiro atoms. The molecular weight excluding hydrogens is 200 g/mol. The van der Waals surface area contributed by atoms with Gasteiger partial charge in [0.15, 0.2) is 0 Å². The van der Waals surface area contributed by atoms with Crippen molar-refractivity contribution in [2.45, 2.75) is 19.3 Å². The van der Waals surface area contributed by atoms with Crippen molar-refractivity contribution in [2.75, 3.05) is 45.9 Å². The molecule has 90 valence electrons. The van der Waals surface area contributed by atoms with Crippen molar-refractivity contribution in [1.82, 2.24) is 10.2 Å². The fourth-order valence-electron chi connectivity index (χ4n) is 3.24. The van der Waals surface area contributed by atoms with Gasteiger partial charge >= 0.3 is 0 Å². The van der Waals surface area contributed by atoms with Gasteiger partial charge in [0.2, 0.25) is 0 Å². The molecule has 0 aromatic rings. The molecule has 0 atom stereocenters. The van der Waals surface area contributed by atoms with Crippen molar-refractivity contribution < 1.29 is 4.74 Å². The molecule has 0 unspecified atom stereocenters. The van der Waals surface area contributed by atoms with Gasteiger partial charge in [-0.05, 0) is 25.8 Å². The van der Waals surface area contributed by atoms with Gasteiger partial charge in [0.25, 0.3) is 0 Å². The highest BCUT2D eigenvalue weighted by atomic mass is 16.5. The first-order chi connectivity index (χ1) is 7.86. The van der Waals surface area contributed by atoms with Gasteiger partial charge in [-0.25, -0.2) is 0 Å². The predicted octanol–water partition coefficient (Wildman–Crippen LogP) is 1.02. The maximum Gasteiger partial charge on any atom is 0.0472 e. The number of nitrogens with zero attached hydrogens (tertiary/aromatic N) is 1. The van der Waals surface area contributed by atoms with Crippen molar-refractivity contribution >= 4 is 0 Å². The molecule has 2 fully saturated rings. The normalized spacial score (nSPS) is 29.9. The Morgan fingerprint density at radius 3 is 2.81 bits per heavy atom. The van der Waals surface area contributed by atoms with E-state index < -0.39 is 0 Å².